The average molecular weight is 600 g/mol. The predicted octanol–water partition coefficient (Wildman–Crippen LogP) is 5.91. The zero-order chi connectivity index (χ0) is 29.9. The van der Waals surface area contributed by atoms with Gasteiger partial charge in [0.05, 0.1) is 22.8 Å². The number of aromatic nitrogens is 3. The fourth-order valence-electron chi connectivity index (χ4n) is 5.16. The van der Waals surface area contributed by atoms with Gasteiger partial charge < -0.3 is 15.4 Å². The number of benzene rings is 2. The number of piperidine rings is 1. The fourth-order valence-corrected chi connectivity index (χ4v) is 6.57. The number of hydrogen-bond donors (Lipinski definition) is 2. The molecule has 42 heavy (non-hydrogen) atoms. The van der Waals surface area contributed by atoms with E-state index in [2.05, 4.69) is 27.5 Å². The number of ether oxygens (including phenoxy) is 1. The summed E-state index contributed by atoms with van der Waals surface area (Å²) in [5.41, 5.74) is 1.81. The maximum Gasteiger partial charge on any atom is 0.239 e. The number of halogens is 3. The molecule has 1 unspecified atom stereocenters. The number of aryl methyl sites for hydroxylation is 1. The van der Waals surface area contributed by atoms with Gasteiger partial charge >= 0.3 is 0 Å². The Hall–Kier alpha value is -3.77. The average Bonchev–Trinajstić information content (AvgIpc) is 2.95. The monoisotopic (exact) mass is 599 g/mol. The lowest BCUT2D eigenvalue weighted by atomic mass is 9.98. The molecule has 0 spiro atoms. The maximum atomic E-state index is 14.9. The first-order chi connectivity index (χ1) is 20.1. The summed E-state index contributed by atoms with van der Waals surface area (Å²) in [4.78, 5) is 13.5. The van der Waals surface area contributed by atoms with E-state index >= 15 is 0 Å². The Morgan fingerprint density at radius 3 is 2.67 bits per heavy atom. The fraction of sp³-hybridized carbons (Fsp3) is 0.367. The molecule has 0 radical (unpaired) electrons. The van der Waals surface area contributed by atoms with Gasteiger partial charge in [-0.2, -0.15) is 0 Å². The van der Waals surface area contributed by atoms with Gasteiger partial charge in [-0.15, -0.1) is 0 Å². The van der Waals surface area contributed by atoms with Gasteiger partial charge in [-0.25, -0.2) is 36.5 Å². The smallest absolute Gasteiger partial charge is 0.239 e. The minimum atomic E-state index is -3.98. The van der Waals surface area contributed by atoms with Crippen molar-refractivity contribution in [1.82, 2.24) is 20.3 Å². The highest BCUT2D eigenvalue weighted by molar-refractivity contribution is 7.90. The Morgan fingerprint density at radius 2 is 1.88 bits per heavy atom. The van der Waals surface area contributed by atoms with Crippen molar-refractivity contribution in [1.29, 1.82) is 0 Å². The van der Waals surface area contributed by atoms with Crippen LogP contribution in [0.25, 0.3) is 22.0 Å². The predicted molar refractivity (Wildman–Crippen MR) is 156 cm³/mol. The van der Waals surface area contributed by atoms with Crippen LogP contribution < -0.4 is 15.4 Å². The maximum absolute atomic E-state index is 14.9. The summed E-state index contributed by atoms with van der Waals surface area (Å²) >= 11 is 0. The molecule has 1 aliphatic rings. The van der Waals surface area contributed by atoms with E-state index in [-0.39, 0.29) is 17.5 Å². The van der Waals surface area contributed by atoms with E-state index in [1.165, 1.54) is 6.07 Å². The van der Waals surface area contributed by atoms with Crippen molar-refractivity contribution in [3.63, 3.8) is 0 Å². The van der Waals surface area contributed by atoms with Gasteiger partial charge in [-0.3, -0.25) is 0 Å². The van der Waals surface area contributed by atoms with Gasteiger partial charge in [-0.1, -0.05) is 19.1 Å². The lowest BCUT2D eigenvalue weighted by Crippen LogP contribution is -2.42. The Morgan fingerprint density at radius 1 is 1.07 bits per heavy atom. The number of pyridine rings is 1. The molecular weight excluding hydrogens is 567 g/mol. The number of nitrogens with zero attached hydrogens (tertiary/aromatic N) is 3. The molecule has 0 aliphatic carbocycles. The van der Waals surface area contributed by atoms with Crippen LogP contribution in [0.5, 0.6) is 11.6 Å². The molecule has 1 fully saturated rings. The van der Waals surface area contributed by atoms with E-state index in [1.54, 1.807) is 36.7 Å². The summed E-state index contributed by atoms with van der Waals surface area (Å²) in [5.74, 6) is -0.536. The Kier molecular flexibility index (Phi) is 8.93. The Labute approximate surface area is 242 Å². The van der Waals surface area contributed by atoms with E-state index in [1.807, 2.05) is 13.0 Å². The van der Waals surface area contributed by atoms with Crippen LogP contribution in [-0.4, -0.2) is 54.7 Å². The molecule has 222 valence electrons. The van der Waals surface area contributed by atoms with Crippen LogP contribution in [0.3, 0.4) is 0 Å². The lowest BCUT2D eigenvalue weighted by Gasteiger charge is -2.28. The third-order valence-electron chi connectivity index (χ3n) is 7.22. The molecule has 5 rings (SSSR count). The van der Waals surface area contributed by atoms with Crippen LogP contribution in [0.2, 0.25) is 0 Å². The number of nitrogens with one attached hydrogen (secondary N) is 2. The minimum absolute atomic E-state index is 0.0918. The molecule has 0 bridgehead atoms. The number of anilines is 1. The van der Waals surface area contributed by atoms with E-state index < -0.39 is 40.0 Å². The summed E-state index contributed by atoms with van der Waals surface area (Å²) in [6.45, 7) is 5.80. The van der Waals surface area contributed by atoms with Crippen molar-refractivity contribution < 1.29 is 26.3 Å². The zero-order valence-corrected chi connectivity index (χ0v) is 24.1. The highest BCUT2D eigenvalue weighted by Crippen LogP contribution is 2.38. The minimum Gasteiger partial charge on any atom is -0.437 e. The molecule has 1 aliphatic heterocycles. The molecule has 1 saturated heterocycles. The highest BCUT2D eigenvalue weighted by atomic mass is 32.2. The van der Waals surface area contributed by atoms with Crippen LogP contribution >= 0.6 is 0 Å². The first-order valence-corrected chi connectivity index (χ1v) is 15.5. The molecule has 2 atom stereocenters. The molecule has 12 heteroatoms. The van der Waals surface area contributed by atoms with Gasteiger partial charge in [0.25, 0.3) is 0 Å². The van der Waals surface area contributed by atoms with Gasteiger partial charge in [-0.05, 0) is 67.1 Å². The van der Waals surface area contributed by atoms with Gasteiger partial charge in [0, 0.05) is 42.4 Å². The van der Waals surface area contributed by atoms with Gasteiger partial charge in [0.1, 0.15) is 11.6 Å². The molecule has 3 heterocycles. The molecule has 2 aromatic carbocycles. The first-order valence-electron chi connectivity index (χ1n) is 13.7. The second kappa shape index (κ2) is 12.6. The molecule has 2 aromatic heterocycles. The number of fused-ring (bicyclic) bond motifs is 1. The van der Waals surface area contributed by atoms with Crippen LogP contribution in [0, 0.1) is 18.7 Å². The van der Waals surface area contributed by atoms with E-state index in [0.29, 0.717) is 45.2 Å². The molecule has 0 saturated carbocycles. The third-order valence-corrected chi connectivity index (χ3v) is 8.81. The first kappa shape index (κ1) is 29.7. The second-order valence-corrected chi connectivity index (χ2v) is 12.9. The quantitative estimate of drug-likeness (QED) is 0.232. The highest BCUT2D eigenvalue weighted by Gasteiger charge is 2.23. The van der Waals surface area contributed by atoms with Crippen molar-refractivity contribution >= 4 is 26.6 Å². The summed E-state index contributed by atoms with van der Waals surface area (Å²) in [5, 5.41) is 7.59. The van der Waals surface area contributed by atoms with Gasteiger partial charge in [0.2, 0.25) is 18.3 Å². The van der Waals surface area contributed by atoms with Crippen molar-refractivity contribution in [3.05, 3.63) is 71.8 Å². The SMILES string of the molecule is Cc1ccc2c(CS(=O)(=O)CCC(F)F)c(F)ccc2c1Oc1ncccc1-c1ccnc(NC2CNC[C@H](C)C2)n1. The van der Waals surface area contributed by atoms with E-state index in [9.17, 15) is 21.6 Å². The van der Waals surface area contributed by atoms with Crippen LogP contribution in [0.4, 0.5) is 19.1 Å². The van der Waals surface area contributed by atoms with Gasteiger partial charge in [0.15, 0.2) is 9.84 Å². The van der Waals surface area contributed by atoms with E-state index in [4.69, 9.17) is 9.72 Å². The normalized spacial score (nSPS) is 17.5. The number of rotatable bonds is 10. The summed E-state index contributed by atoms with van der Waals surface area (Å²) < 4.78 is 71.7. The standard InChI is InChI=1S/C30H32F3N5O3S/c1-18-14-20(16-34-15-18)37-30-36-12-9-26(38-30)23-4-3-11-35-29(23)41-28-19(2)5-6-21-22(28)7-8-25(31)24(21)17-42(39,40)13-10-27(32)33/h3-9,11-12,18,20,27,34H,10,13-17H2,1-2H3,(H,36,37,38)/t18-,20?/m1/s1. The lowest BCUT2D eigenvalue weighted by molar-refractivity contribution is 0.145. The summed E-state index contributed by atoms with van der Waals surface area (Å²) in [6, 6.07) is 11.5. The largest absolute Gasteiger partial charge is 0.437 e. The van der Waals surface area contributed by atoms with Crippen molar-refractivity contribution in [2.45, 2.75) is 44.9 Å². The zero-order valence-electron chi connectivity index (χ0n) is 23.3. The molecular formula is C30H32F3N5O3S. The third kappa shape index (κ3) is 6.99. The van der Waals surface area contributed by atoms with Crippen molar-refractivity contribution in [3.8, 4) is 22.9 Å². The number of hydrogen-bond acceptors (Lipinski definition) is 8. The van der Waals surface area contributed by atoms with Crippen LogP contribution in [0.15, 0.2) is 54.9 Å². The van der Waals surface area contributed by atoms with Crippen molar-refractivity contribution in [2.75, 3.05) is 24.2 Å². The number of sulfone groups is 1. The molecule has 4 aromatic rings. The van der Waals surface area contributed by atoms with Crippen LogP contribution in [0.1, 0.15) is 30.9 Å². The summed E-state index contributed by atoms with van der Waals surface area (Å²) in [6.07, 6.45) is 0.672. The van der Waals surface area contributed by atoms with Crippen molar-refractivity contribution in [2.24, 2.45) is 5.92 Å². The Bertz CT molecular complexity index is 1690. The van der Waals surface area contributed by atoms with Crippen LogP contribution in [-0.2, 0) is 15.6 Å². The number of alkyl halides is 2. The molecule has 0 amide bonds. The topological polar surface area (TPSA) is 106 Å². The summed E-state index contributed by atoms with van der Waals surface area (Å²) in [7, 11) is -3.98. The Balaban J connectivity index is 1.47. The molecule has 8 nitrogen and oxygen atoms in total. The van der Waals surface area contributed by atoms with E-state index in [0.717, 1.165) is 25.6 Å². The molecule has 2 N–H and O–H groups in total. The second-order valence-electron chi connectivity index (χ2n) is 10.7.